The molecular formula is C20H23N5O5S. The molecule has 0 bridgehead atoms. The number of nitrogens with zero attached hydrogens (tertiary/aromatic N) is 3. The standard InChI is InChI=1S/C20H23N5O5S/c1-20(2,3)14-12(17(26)23-31(29,30)11-9-7-6-8-10-11)15(21)22-16-13(14)18(27)25(5)19(28)24(16)4/h6-10H,1-5H3,(H2,21,22)(H,23,26). The fourth-order valence-electron chi connectivity index (χ4n) is 3.42. The molecule has 1 aromatic carbocycles. The Kier molecular flexibility index (Phi) is 5.26. The van der Waals surface area contributed by atoms with Gasteiger partial charge in [-0.05, 0) is 23.1 Å². The van der Waals surface area contributed by atoms with Gasteiger partial charge in [0.25, 0.3) is 21.5 Å². The molecule has 11 heteroatoms. The number of benzene rings is 1. The van der Waals surface area contributed by atoms with E-state index in [0.29, 0.717) is 0 Å². The third-order valence-corrected chi connectivity index (χ3v) is 6.22. The second-order valence-electron chi connectivity index (χ2n) is 8.15. The third kappa shape index (κ3) is 3.72. The Balaban J connectivity index is 2.36. The predicted octanol–water partition coefficient (Wildman–Crippen LogP) is 0.631. The zero-order valence-corrected chi connectivity index (χ0v) is 18.6. The second kappa shape index (κ2) is 7.34. The van der Waals surface area contributed by atoms with Crippen LogP contribution < -0.4 is 21.7 Å². The average molecular weight is 446 g/mol. The molecule has 0 atom stereocenters. The van der Waals surface area contributed by atoms with Gasteiger partial charge in [-0.15, -0.1) is 0 Å². The summed E-state index contributed by atoms with van der Waals surface area (Å²) in [6, 6.07) is 7.37. The van der Waals surface area contributed by atoms with Gasteiger partial charge < -0.3 is 5.73 Å². The van der Waals surface area contributed by atoms with Crippen molar-refractivity contribution >= 4 is 32.8 Å². The number of aryl methyl sites for hydroxylation is 1. The molecule has 0 aliphatic carbocycles. The molecular weight excluding hydrogens is 422 g/mol. The van der Waals surface area contributed by atoms with E-state index in [1.54, 1.807) is 26.8 Å². The second-order valence-corrected chi connectivity index (χ2v) is 9.83. The number of anilines is 1. The third-order valence-electron chi connectivity index (χ3n) is 4.87. The summed E-state index contributed by atoms with van der Waals surface area (Å²) in [5.41, 5.74) is 3.97. The van der Waals surface area contributed by atoms with Crippen LogP contribution in [-0.4, -0.2) is 28.4 Å². The van der Waals surface area contributed by atoms with E-state index in [-0.39, 0.29) is 32.9 Å². The molecule has 2 aromatic heterocycles. The lowest BCUT2D eigenvalue weighted by atomic mass is 9.82. The number of carbonyl (C=O) groups excluding carboxylic acids is 1. The van der Waals surface area contributed by atoms with E-state index < -0.39 is 32.6 Å². The molecule has 0 saturated heterocycles. The Labute approximate surface area is 178 Å². The Bertz CT molecular complexity index is 1430. The van der Waals surface area contributed by atoms with Gasteiger partial charge in [0.05, 0.1) is 15.8 Å². The summed E-state index contributed by atoms with van der Waals surface area (Å²) in [4.78, 5) is 42.4. The molecule has 2 heterocycles. The molecule has 31 heavy (non-hydrogen) atoms. The molecule has 0 radical (unpaired) electrons. The van der Waals surface area contributed by atoms with Crippen molar-refractivity contribution in [1.29, 1.82) is 0 Å². The van der Waals surface area contributed by atoms with Crippen molar-refractivity contribution in [3.8, 4) is 0 Å². The summed E-state index contributed by atoms with van der Waals surface area (Å²) in [5.74, 6) is -1.31. The van der Waals surface area contributed by atoms with Crippen LogP contribution in [0.1, 0.15) is 36.7 Å². The minimum atomic E-state index is -4.19. The Morgan fingerprint density at radius 3 is 2.19 bits per heavy atom. The average Bonchev–Trinajstić information content (AvgIpc) is 2.69. The molecule has 0 aliphatic rings. The summed E-state index contributed by atoms with van der Waals surface area (Å²) in [7, 11) is -1.45. The molecule has 0 saturated carbocycles. The van der Waals surface area contributed by atoms with Crippen molar-refractivity contribution in [2.75, 3.05) is 5.73 Å². The maximum atomic E-state index is 13.1. The Morgan fingerprint density at radius 1 is 1.06 bits per heavy atom. The first-order chi connectivity index (χ1) is 14.3. The minimum absolute atomic E-state index is 0.0120. The number of rotatable bonds is 3. The van der Waals surface area contributed by atoms with Crippen LogP contribution in [0.3, 0.4) is 0 Å². The number of carbonyl (C=O) groups is 1. The first-order valence-electron chi connectivity index (χ1n) is 9.29. The number of nitrogens with one attached hydrogen (secondary N) is 1. The Morgan fingerprint density at radius 2 is 1.65 bits per heavy atom. The maximum Gasteiger partial charge on any atom is 0.332 e. The number of pyridine rings is 1. The van der Waals surface area contributed by atoms with Crippen LogP contribution in [0, 0.1) is 0 Å². The lowest BCUT2D eigenvalue weighted by Crippen LogP contribution is -2.40. The quantitative estimate of drug-likeness (QED) is 0.601. The highest BCUT2D eigenvalue weighted by molar-refractivity contribution is 7.90. The fraction of sp³-hybridized carbons (Fsp3) is 0.300. The number of hydrogen-bond donors (Lipinski definition) is 2. The van der Waals surface area contributed by atoms with E-state index in [2.05, 4.69) is 4.98 Å². The van der Waals surface area contributed by atoms with Gasteiger partial charge in [0.15, 0.2) is 5.65 Å². The fourth-order valence-corrected chi connectivity index (χ4v) is 4.40. The van der Waals surface area contributed by atoms with Crippen LogP contribution in [0.15, 0.2) is 44.8 Å². The van der Waals surface area contributed by atoms with Crippen LogP contribution in [0.4, 0.5) is 5.82 Å². The van der Waals surface area contributed by atoms with E-state index in [9.17, 15) is 22.8 Å². The number of aromatic nitrogens is 3. The summed E-state index contributed by atoms with van der Waals surface area (Å²) < 4.78 is 29.4. The highest BCUT2D eigenvalue weighted by atomic mass is 32.2. The highest BCUT2D eigenvalue weighted by Gasteiger charge is 2.32. The number of sulfonamides is 1. The normalized spacial score (nSPS) is 12.2. The highest BCUT2D eigenvalue weighted by Crippen LogP contribution is 2.33. The number of hydrogen-bond acceptors (Lipinski definition) is 7. The zero-order chi connectivity index (χ0) is 23.3. The molecule has 0 unspecified atom stereocenters. The van der Waals surface area contributed by atoms with Gasteiger partial charge in [0.2, 0.25) is 0 Å². The summed E-state index contributed by atoms with van der Waals surface area (Å²) in [5, 5.41) is 0.0218. The van der Waals surface area contributed by atoms with Crippen LogP contribution >= 0.6 is 0 Å². The molecule has 0 aliphatic heterocycles. The minimum Gasteiger partial charge on any atom is -0.383 e. The lowest BCUT2D eigenvalue weighted by molar-refractivity contribution is 0.0980. The van der Waals surface area contributed by atoms with Crippen molar-refractivity contribution in [2.45, 2.75) is 31.1 Å². The van der Waals surface area contributed by atoms with E-state index in [0.717, 1.165) is 9.13 Å². The van der Waals surface area contributed by atoms with Crippen molar-refractivity contribution in [3.63, 3.8) is 0 Å². The van der Waals surface area contributed by atoms with E-state index in [1.165, 1.54) is 38.4 Å². The number of nitrogen functional groups attached to an aromatic ring is 1. The number of nitrogens with two attached hydrogens (primary N) is 1. The molecule has 0 spiro atoms. The van der Waals surface area contributed by atoms with Gasteiger partial charge in [-0.2, -0.15) is 0 Å². The molecule has 1 amide bonds. The molecule has 3 aromatic rings. The van der Waals surface area contributed by atoms with Crippen LogP contribution in [0.25, 0.3) is 11.0 Å². The van der Waals surface area contributed by atoms with E-state index in [4.69, 9.17) is 5.73 Å². The van der Waals surface area contributed by atoms with Crippen molar-refractivity contribution < 1.29 is 13.2 Å². The summed E-state index contributed by atoms with van der Waals surface area (Å²) in [6.07, 6.45) is 0. The lowest BCUT2D eigenvalue weighted by Gasteiger charge is -2.25. The molecule has 3 rings (SSSR count). The first kappa shape index (κ1) is 22.2. The number of fused-ring (bicyclic) bond motifs is 1. The first-order valence-corrected chi connectivity index (χ1v) is 10.8. The molecule has 0 fully saturated rings. The Hall–Kier alpha value is -3.47. The van der Waals surface area contributed by atoms with Crippen LogP contribution in [0.2, 0.25) is 0 Å². The van der Waals surface area contributed by atoms with Gasteiger partial charge in [0, 0.05) is 14.1 Å². The predicted molar refractivity (Wildman–Crippen MR) is 116 cm³/mol. The van der Waals surface area contributed by atoms with Crippen molar-refractivity contribution in [1.82, 2.24) is 18.8 Å². The van der Waals surface area contributed by atoms with Crippen LogP contribution in [-0.2, 0) is 29.5 Å². The smallest absolute Gasteiger partial charge is 0.332 e. The van der Waals surface area contributed by atoms with Gasteiger partial charge in [0.1, 0.15) is 5.82 Å². The van der Waals surface area contributed by atoms with Gasteiger partial charge in [-0.3, -0.25) is 18.7 Å². The van der Waals surface area contributed by atoms with Crippen LogP contribution in [0.5, 0.6) is 0 Å². The largest absolute Gasteiger partial charge is 0.383 e. The van der Waals surface area contributed by atoms with E-state index in [1.807, 2.05) is 4.72 Å². The van der Waals surface area contributed by atoms with Crippen molar-refractivity contribution in [3.05, 3.63) is 62.3 Å². The van der Waals surface area contributed by atoms with Gasteiger partial charge >= 0.3 is 5.69 Å². The number of amides is 1. The zero-order valence-electron chi connectivity index (χ0n) is 17.8. The summed E-state index contributed by atoms with van der Waals surface area (Å²) in [6.45, 7) is 5.23. The summed E-state index contributed by atoms with van der Waals surface area (Å²) >= 11 is 0. The van der Waals surface area contributed by atoms with Gasteiger partial charge in [-0.1, -0.05) is 39.0 Å². The van der Waals surface area contributed by atoms with Crippen molar-refractivity contribution in [2.24, 2.45) is 14.1 Å². The topological polar surface area (TPSA) is 146 Å². The van der Waals surface area contributed by atoms with Gasteiger partial charge in [-0.25, -0.2) is 22.9 Å². The molecule has 3 N–H and O–H groups in total. The molecule has 10 nitrogen and oxygen atoms in total. The SMILES string of the molecule is Cn1c(=O)c2c(C(C)(C)C)c(C(=O)NS(=O)(=O)c3ccccc3)c(N)nc2n(C)c1=O. The molecule has 164 valence electrons. The van der Waals surface area contributed by atoms with E-state index >= 15 is 0 Å². The maximum absolute atomic E-state index is 13.1. The monoisotopic (exact) mass is 445 g/mol.